The molecule has 2 nitrogen and oxygen atoms in total. The van der Waals surface area contributed by atoms with Gasteiger partial charge in [0.05, 0.1) is 0 Å². The van der Waals surface area contributed by atoms with E-state index in [4.69, 9.17) is 5.11 Å². The van der Waals surface area contributed by atoms with Gasteiger partial charge in [0.15, 0.2) is 0 Å². The number of hydrogen-bond donors (Lipinski definition) is 1. The highest BCUT2D eigenvalue weighted by atomic mass is 79.9. The second-order valence-electron chi connectivity index (χ2n) is 2.68. The van der Waals surface area contributed by atoms with Gasteiger partial charge in [-0.05, 0) is 11.6 Å². The highest BCUT2D eigenvalue weighted by Gasteiger charge is 2.06. The van der Waals surface area contributed by atoms with Gasteiger partial charge >= 0.3 is 5.97 Å². The zero-order valence-electron chi connectivity index (χ0n) is 6.96. The van der Waals surface area contributed by atoms with Crippen molar-refractivity contribution in [3.05, 3.63) is 46.5 Å². The standard InChI is InChI=1S/C10H9BrO2/c1-7(10(12)13)6-8-4-2-3-5-9(8)11/h2-5H,1,6H2,(H,12,13). The van der Waals surface area contributed by atoms with Crippen LogP contribution in [0.4, 0.5) is 0 Å². The molecule has 0 unspecified atom stereocenters. The highest BCUT2D eigenvalue weighted by molar-refractivity contribution is 9.10. The van der Waals surface area contributed by atoms with Crippen molar-refractivity contribution in [3.63, 3.8) is 0 Å². The Kier molecular flexibility index (Phi) is 3.25. The third-order valence-electron chi connectivity index (χ3n) is 1.66. The molecular formula is C10H9BrO2. The molecular weight excluding hydrogens is 232 g/mol. The van der Waals surface area contributed by atoms with Crippen LogP contribution in [0.25, 0.3) is 0 Å². The number of halogens is 1. The monoisotopic (exact) mass is 240 g/mol. The van der Waals surface area contributed by atoms with Gasteiger partial charge in [-0.1, -0.05) is 40.7 Å². The van der Waals surface area contributed by atoms with Crippen LogP contribution in [0.1, 0.15) is 5.56 Å². The smallest absolute Gasteiger partial charge is 0.331 e. The molecule has 0 atom stereocenters. The largest absolute Gasteiger partial charge is 0.478 e. The third-order valence-corrected chi connectivity index (χ3v) is 2.44. The molecule has 0 saturated carbocycles. The molecule has 0 aromatic heterocycles. The quantitative estimate of drug-likeness (QED) is 0.826. The SMILES string of the molecule is C=C(Cc1ccccc1Br)C(=O)O. The summed E-state index contributed by atoms with van der Waals surface area (Å²) in [6.45, 7) is 3.47. The van der Waals surface area contributed by atoms with Gasteiger partial charge in [-0.3, -0.25) is 0 Å². The Morgan fingerprint density at radius 3 is 2.62 bits per heavy atom. The van der Waals surface area contributed by atoms with Gasteiger partial charge < -0.3 is 5.11 Å². The van der Waals surface area contributed by atoms with Crippen molar-refractivity contribution < 1.29 is 9.90 Å². The summed E-state index contributed by atoms with van der Waals surface area (Å²) in [4.78, 5) is 10.5. The number of carboxylic acid groups (broad SMARTS) is 1. The molecule has 1 aromatic rings. The van der Waals surface area contributed by atoms with Crippen molar-refractivity contribution in [1.29, 1.82) is 0 Å². The van der Waals surface area contributed by atoms with Gasteiger partial charge in [0, 0.05) is 16.5 Å². The lowest BCUT2D eigenvalue weighted by Crippen LogP contribution is -2.02. The summed E-state index contributed by atoms with van der Waals surface area (Å²) in [5.41, 5.74) is 1.14. The molecule has 0 saturated heterocycles. The van der Waals surface area contributed by atoms with Gasteiger partial charge in [-0.25, -0.2) is 4.79 Å². The van der Waals surface area contributed by atoms with Crippen LogP contribution in [0.15, 0.2) is 40.9 Å². The Hall–Kier alpha value is -1.09. The Labute approximate surface area is 85.0 Å². The topological polar surface area (TPSA) is 37.3 Å². The summed E-state index contributed by atoms with van der Waals surface area (Å²) in [6.07, 6.45) is 0.372. The fourth-order valence-electron chi connectivity index (χ4n) is 0.947. The minimum absolute atomic E-state index is 0.201. The summed E-state index contributed by atoms with van der Waals surface area (Å²) in [6, 6.07) is 7.51. The van der Waals surface area contributed by atoms with E-state index in [1.807, 2.05) is 24.3 Å². The van der Waals surface area contributed by atoms with Crippen molar-refractivity contribution in [1.82, 2.24) is 0 Å². The van der Waals surface area contributed by atoms with Crippen LogP contribution in [0.5, 0.6) is 0 Å². The zero-order chi connectivity index (χ0) is 9.84. The van der Waals surface area contributed by atoms with E-state index in [9.17, 15) is 4.79 Å². The first-order valence-electron chi connectivity index (χ1n) is 3.75. The average Bonchev–Trinajstić information content (AvgIpc) is 2.08. The second kappa shape index (κ2) is 4.23. The number of benzene rings is 1. The van der Waals surface area contributed by atoms with Crippen LogP contribution < -0.4 is 0 Å². The van der Waals surface area contributed by atoms with Crippen molar-refractivity contribution in [2.24, 2.45) is 0 Å². The van der Waals surface area contributed by atoms with E-state index in [1.54, 1.807) is 0 Å². The van der Waals surface area contributed by atoms with E-state index >= 15 is 0 Å². The van der Waals surface area contributed by atoms with Gasteiger partial charge in [0.25, 0.3) is 0 Å². The first-order chi connectivity index (χ1) is 6.11. The van der Waals surface area contributed by atoms with Crippen LogP contribution in [0.3, 0.4) is 0 Å². The maximum Gasteiger partial charge on any atom is 0.331 e. The first-order valence-corrected chi connectivity index (χ1v) is 4.55. The van der Waals surface area contributed by atoms with Gasteiger partial charge in [0.1, 0.15) is 0 Å². The molecule has 0 radical (unpaired) electrons. The van der Waals surface area contributed by atoms with Gasteiger partial charge in [0.2, 0.25) is 0 Å². The maximum atomic E-state index is 10.5. The van der Waals surface area contributed by atoms with E-state index in [2.05, 4.69) is 22.5 Å². The fraction of sp³-hybridized carbons (Fsp3) is 0.100. The zero-order valence-corrected chi connectivity index (χ0v) is 8.54. The summed E-state index contributed by atoms with van der Waals surface area (Å²) >= 11 is 3.34. The molecule has 1 aromatic carbocycles. The van der Waals surface area contributed by atoms with Crippen molar-refractivity contribution in [2.45, 2.75) is 6.42 Å². The summed E-state index contributed by atoms with van der Waals surface area (Å²) in [5, 5.41) is 8.62. The molecule has 0 aliphatic carbocycles. The molecule has 1 rings (SSSR count). The normalized spacial score (nSPS) is 9.62. The van der Waals surface area contributed by atoms with Gasteiger partial charge in [-0.15, -0.1) is 0 Å². The lowest BCUT2D eigenvalue weighted by atomic mass is 10.1. The summed E-state index contributed by atoms with van der Waals surface area (Å²) in [5.74, 6) is -0.948. The van der Waals surface area contributed by atoms with E-state index in [0.717, 1.165) is 10.0 Å². The van der Waals surface area contributed by atoms with Crippen molar-refractivity contribution in [3.8, 4) is 0 Å². The molecule has 68 valence electrons. The van der Waals surface area contributed by atoms with Crippen LogP contribution in [-0.4, -0.2) is 11.1 Å². The molecule has 3 heteroatoms. The molecule has 0 fully saturated rings. The number of carboxylic acids is 1. The predicted octanol–water partition coefficient (Wildman–Crippen LogP) is 2.63. The van der Waals surface area contributed by atoms with E-state index in [1.165, 1.54) is 0 Å². The highest BCUT2D eigenvalue weighted by Crippen LogP contribution is 2.18. The molecule has 13 heavy (non-hydrogen) atoms. The molecule has 0 amide bonds. The van der Waals surface area contributed by atoms with Crippen molar-refractivity contribution in [2.75, 3.05) is 0 Å². The third kappa shape index (κ3) is 2.70. The van der Waals surface area contributed by atoms with E-state index < -0.39 is 5.97 Å². The number of rotatable bonds is 3. The van der Waals surface area contributed by atoms with Crippen LogP contribution in [0, 0.1) is 0 Å². The number of carbonyl (C=O) groups is 1. The number of hydrogen-bond acceptors (Lipinski definition) is 1. The average molecular weight is 241 g/mol. The Balaban J connectivity index is 2.81. The second-order valence-corrected chi connectivity index (χ2v) is 3.53. The Bertz CT molecular complexity index is 345. The van der Waals surface area contributed by atoms with Gasteiger partial charge in [-0.2, -0.15) is 0 Å². The predicted molar refractivity (Wildman–Crippen MR) is 54.6 cm³/mol. The van der Waals surface area contributed by atoms with Crippen LogP contribution in [-0.2, 0) is 11.2 Å². The van der Waals surface area contributed by atoms with Crippen LogP contribution >= 0.6 is 15.9 Å². The summed E-state index contributed by atoms with van der Waals surface area (Å²) in [7, 11) is 0. The molecule has 0 aliphatic rings. The van der Waals surface area contributed by atoms with Crippen molar-refractivity contribution >= 4 is 21.9 Å². The van der Waals surface area contributed by atoms with E-state index in [0.29, 0.717) is 6.42 Å². The maximum absolute atomic E-state index is 10.5. The molecule has 1 N–H and O–H groups in total. The first kappa shape index (κ1) is 9.99. The Morgan fingerprint density at radius 2 is 2.08 bits per heavy atom. The van der Waals surface area contributed by atoms with E-state index in [-0.39, 0.29) is 5.57 Å². The molecule has 0 bridgehead atoms. The minimum Gasteiger partial charge on any atom is -0.478 e. The lowest BCUT2D eigenvalue weighted by Gasteiger charge is -2.02. The molecule has 0 heterocycles. The molecule has 0 aliphatic heterocycles. The number of aliphatic carboxylic acids is 1. The summed E-state index contributed by atoms with van der Waals surface area (Å²) < 4.78 is 0.914. The Morgan fingerprint density at radius 1 is 1.46 bits per heavy atom. The lowest BCUT2D eigenvalue weighted by molar-refractivity contribution is -0.132. The van der Waals surface area contributed by atoms with Crippen LogP contribution in [0.2, 0.25) is 0 Å². The fourth-order valence-corrected chi connectivity index (χ4v) is 1.37. The molecule has 0 spiro atoms. The minimum atomic E-state index is -0.948.